The molecule has 0 amide bonds. The first-order chi connectivity index (χ1) is 16.6. The number of fused-ring (bicyclic) bond motifs is 2. The van der Waals surface area contributed by atoms with E-state index in [1.807, 2.05) is 55.0 Å². The van der Waals surface area contributed by atoms with Crippen molar-refractivity contribution in [2.45, 2.75) is 26.5 Å². The number of pyridine rings is 2. The van der Waals surface area contributed by atoms with E-state index in [9.17, 15) is 4.79 Å². The molecule has 1 aliphatic heterocycles. The third-order valence-electron chi connectivity index (χ3n) is 6.53. The van der Waals surface area contributed by atoms with Crippen molar-refractivity contribution >= 4 is 22.2 Å². The molecule has 1 aromatic carbocycles. The smallest absolute Gasteiger partial charge is 0.335 e. The van der Waals surface area contributed by atoms with E-state index in [0.717, 1.165) is 44.5 Å². The average molecular weight is 456 g/mol. The van der Waals surface area contributed by atoms with E-state index < -0.39 is 0 Å². The lowest BCUT2D eigenvalue weighted by Gasteiger charge is -2.23. The van der Waals surface area contributed by atoms with Gasteiger partial charge < -0.3 is 14.5 Å². The van der Waals surface area contributed by atoms with Crippen molar-refractivity contribution in [2.24, 2.45) is 0 Å². The van der Waals surface area contributed by atoms with Crippen LogP contribution in [0.1, 0.15) is 11.1 Å². The minimum absolute atomic E-state index is 0.146. The molecule has 1 N–H and O–H groups in total. The van der Waals surface area contributed by atoms with Gasteiger partial charge in [0.25, 0.3) is 0 Å². The number of aromatic amines is 1. The first-order valence-electron chi connectivity index (χ1n) is 11.4. The van der Waals surface area contributed by atoms with Crippen LogP contribution in [0.5, 0.6) is 0 Å². The Morgan fingerprint density at radius 1 is 1.12 bits per heavy atom. The maximum Gasteiger partial charge on any atom is 0.335 e. The Kier molecular flexibility index (Phi) is 5.04. The van der Waals surface area contributed by atoms with Gasteiger partial charge in [-0.15, -0.1) is 0 Å². The van der Waals surface area contributed by atoms with E-state index in [1.54, 1.807) is 9.13 Å². The molecule has 1 atom stereocenters. The summed E-state index contributed by atoms with van der Waals surface area (Å²) in [5, 5.41) is 1.12. The van der Waals surface area contributed by atoms with Gasteiger partial charge in [-0.25, -0.2) is 19.3 Å². The van der Waals surface area contributed by atoms with Gasteiger partial charge in [0.1, 0.15) is 5.65 Å². The second kappa shape index (κ2) is 8.23. The van der Waals surface area contributed by atoms with Gasteiger partial charge in [0, 0.05) is 35.1 Å². The van der Waals surface area contributed by atoms with Crippen LogP contribution >= 0.6 is 0 Å². The quantitative estimate of drug-likeness (QED) is 0.446. The van der Waals surface area contributed by atoms with Crippen molar-refractivity contribution in [2.75, 3.05) is 19.8 Å². The Labute approximate surface area is 195 Å². The zero-order chi connectivity index (χ0) is 23.2. The van der Waals surface area contributed by atoms with Crippen LogP contribution in [0.4, 0.5) is 0 Å². The first kappa shape index (κ1) is 20.8. The molecule has 0 saturated carbocycles. The van der Waals surface area contributed by atoms with Crippen molar-refractivity contribution in [1.29, 1.82) is 0 Å². The molecule has 0 unspecified atom stereocenters. The summed E-state index contributed by atoms with van der Waals surface area (Å²) in [6, 6.07) is 11.6. The Morgan fingerprint density at radius 3 is 2.76 bits per heavy atom. The van der Waals surface area contributed by atoms with Crippen molar-refractivity contribution < 1.29 is 9.47 Å². The molecule has 0 aliphatic carbocycles. The molecule has 1 aliphatic rings. The Balaban J connectivity index is 1.55. The molecule has 5 aromatic rings. The number of aryl methyl sites for hydroxylation is 2. The van der Waals surface area contributed by atoms with Gasteiger partial charge in [0.05, 0.1) is 43.7 Å². The molecule has 1 fully saturated rings. The number of benzene rings is 1. The number of nitrogens with zero attached hydrogens (tertiary/aromatic N) is 4. The summed E-state index contributed by atoms with van der Waals surface area (Å²) in [6.07, 6.45) is 5.47. The summed E-state index contributed by atoms with van der Waals surface area (Å²) in [5.74, 6) is 0. The number of nitrogens with one attached hydrogen (secondary N) is 1. The number of aromatic nitrogens is 5. The van der Waals surface area contributed by atoms with Crippen molar-refractivity contribution in [3.05, 3.63) is 76.6 Å². The van der Waals surface area contributed by atoms with Gasteiger partial charge in [-0.05, 0) is 43.2 Å². The van der Waals surface area contributed by atoms with Crippen LogP contribution in [0.15, 0.2) is 59.8 Å². The van der Waals surface area contributed by atoms with Gasteiger partial charge in [0.15, 0.2) is 5.65 Å². The number of imidazole rings is 1. The van der Waals surface area contributed by atoms with Crippen LogP contribution in [0.3, 0.4) is 0 Å². The Bertz CT molecular complexity index is 1560. The van der Waals surface area contributed by atoms with Crippen LogP contribution in [0, 0.1) is 13.8 Å². The van der Waals surface area contributed by atoms with Crippen molar-refractivity contribution in [3.8, 4) is 16.8 Å². The number of para-hydroxylation sites is 1. The van der Waals surface area contributed by atoms with E-state index in [0.29, 0.717) is 32.0 Å². The molecule has 6 rings (SSSR count). The summed E-state index contributed by atoms with van der Waals surface area (Å²) < 4.78 is 14.8. The van der Waals surface area contributed by atoms with Crippen LogP contribution < -0.4 is 5.69 Å². The molecule has 8 nitrogen and oxygen atoms in total. The Hall–Kier alpha value is -3.75. The van der Waals surface area contributed by atoms with Crippen LogP contribution in [-0.2, 0) is 16.0 Å². The number of rotatable bonds is 4. The molecule has 0 radical (unpaired) electrons. The zero-order valence-electron chi connectivity index (χ0n) is 19.1. The lowest BCUT2D eigenvalue weighted by atomic mass is 10.0. The van der Waals surface area contributed by atoms with Crippen LogP contribution in [-0.4, -0.2) is 50.0 Å². The Morgan fingerprint density at radius 2 is 1.97 bits per heavy atom. The standard InChI is InChI=1S/C26H25N5O3/c1-16-11-27-24-23(16)17(2)21(13-28-24)18-10-22-25(29-12-18)31(19-6-4-3-5-7-19)26(32)30(22)14-20-15-33-8-9-34-20/h3-7,10-13,20H,8-9,14-15H2,1-2H3,(H,27,28)/t20-/m0/s1. The van der Waals surface area contributed by atoms with Crippen molar-refractivity contribution in [3.63, 3.8) is 0 Å². The SMILES string of the molecule is Cc1c[nH]c2ncc(-c3cnc4c(c3)n(C[C@H]3COCCO3)c(=O)n4-c3ccccc3)c(C)c12. The van der Waals surface area contributed by atoms with E-state index in [1.165, 1.54) is 0 Å². The fourth-order valence-electron chi connectivity index (χ4n) is 4.84. The summed E-state index contributed by atoms with van der Waals surface area (Å²) in [7, 11) is 0. The minimum Gasteiger partial charge on any atom is -0.376 e. The molecule has 4 aromatic heterocycles. The lowest BCUT2D eigenvalue weighted by molar-refractivity contribution is -0.0935. The lowest BCUT2D eigenvalue weighted by Crippen LogP contribution is -2.35. The highest BCUT2D eigenvalue weighted by Gasteiger charge is 2.22. The molecule has 1 saturated heterocycles. The highest BCUT2D eigenvalue weighted by atomic mass is 16.6. The third-order valence-corrected chi connectivity index (χ3v) is 6.53. The molecule has 5 heterocycles. The number of H-pyrrole nitrogens is 1. The highest BCUT2D eigenvalue weighted by molar-refractivity contribution is 5.90. The molecular weight excluding hydrogens is 430 g/mol. The molecule has 0 spiro atoms. The summed E-state index contributed by atoms with van der Waals surface area (Å²) in [5.41, 5.74) is 7.06. The maximum atomic E-state index is 13.6. The largest absolute Gasteiger partial charge is 0.376 e. The van der Waals surface area contributed by atoms with E-state index in [-0.39, 0.29) is 11.8 Å². The monoisotopic (exact) mass is 455 g/mol. The maximum absolute atomic E-state index is 13.6. The number of hydrogen-bond acceptors (Lipinski definition) is 5. The van der Waals surface area contributed by atoms with Gasteiger partial charge in [-0.3, -0.25) is 4.57 Å². The molecular formula is C26H25N5O3. The van der Waals surface area contributed by atoms with Crippen LogP contribution in [0.25, 0.3) is 39.0 Å². The van der Waals surface area contributed by atoms with Gasteiger partial charge >= 0.3 is 5.69 Å². The minimum atomic E-state index is -0.188. The summed E-state index contributed by atoms with van der Waals surface area (Å²) >= 11 is 0. The summed E-state index contributed by atoms with van der Waals surface area (Å²) in [4.78, 5) is 26.2. The zero-order valence-corrected chi connectivity index (χ0v) is 19.1. The second-order valence-electron chi connectivity index (χ2n) is 8.69. The second-order valence-corrected chi connectivity index (χ2v) is 8.69. The van der Waals surface area contributed by atoms with Gasteiger partial charge in [-0.1, -0.05) is 18.2 Å². The summed E-state index contributed by atoms with van der Waals surface area (Å²) in [6.45, 7) is 6.14. The van der Waals surface area contributed by atoms with Gasteiger partial charge in [0.2, 0.25) is 0 Å². The van der Waals surface area contributed by atoms with E-state index in [2.05, 4.69) is 23.8 Å². The normalized spacial score (nSPS) is 16.5. The van der Waals surface area contributed by atoms with E-state index in [4.69, 9.17) is 14.5 Å². The van der Waals surface area contributed by atoms with E-state index >= 15 is 0 Å². The topological polar surface area (TPSA) is 87.0 Å². The fourth-order valence-corrected chi connectivity index (χ4v) is 4.84. The van der Waals surface area contributed by atoms with Crippen molar-refractivity contribution in [1.82, 2.24) is 24.1 Å². The molecule has 172 valence electrons. The third kappa shape index (κ3) is 3.34. The average Bonchev–Trinajstić information content (AvgIpc) is 3.38. The molecule has 8 heteroatoms. The van der Waals surface area contributed by atoms with Crippen LogP contribution in [0.2, 0.25) is 0 Å². The molecule has 34 heavy (non-hydrogen) atoms. The highest BCUT2D eigenvalue weighted by Crippen LogP contribution is 2.31. The molecule has 0 bridgehead atoms. The fraction of sp³-hybridized carbons (Fsp3) is 0.269. The predicted molar refractivity (Wildman–Crippen MR) is 130 cm³/mol. The predicted octanol–water partition coefficient (Wildman–Crippen LogP) is 3.76. The number of hydrogen-bond donors (Lipinski definition) is 1. The van der Waals surface area contributed by atoms with Gasteiger partial charge in [-0.2, -0.15) is 0 Å². The number of ether oxygens (including phenoxy) is 2. The first-order valence-corrected chi connectivity index (χ1v) is 11.4.